The van der Waals surface area contributed by atoms with Crippen molar-refractivity contribution in [3.63, 3.8) is 0 Å². The molecule has 0 radical (unpaired) electrons. The van der Waals surface area contributed by atoms with E-state index in [1.165, 1.54) is 23.3 Å². The van der Waals surface area contributed by atoms with Gasteiger partial charge in [0.1, 0.15) is 5.82 Å². The second-order valence-corrected chi connectivity index (χ2v) is 7.02. The smallest absolute Gasteiger partial charge is 0.257 e. The van der Waals surface area contributed by atoms with Crippen LogP contribution in [-0.4, -0.2) is 5.91 Å². The lowest BCUT2D eigenvalue weighted by molar-refractivity contribution is -0.110. The molecule has 3 aromatic carbocycles. The van der Waals surface area contributed by atoms with Crippen LogP contribution in [0.25, 0.3) is 5.57 Å². The lowest BCUT2D eigenvalue weighted by atomic mass is 10.1. The van der Waals surface area contributed by atoms with Crippen LogP contribution in [0.4, 0.5) is 21.5 Å². The summed E-state index contributed by atoms with van der Waals surface area (Å²) in [5, 5.41) is 5.89. The number of benzene rings is 3. The largest absolute Gasteiger partial charge is 0.363 e. The van der Waals surface area contributed by atoms with Gasteiger partial charge >= 0.3 is 0 Å². The first-order valence-electron chi connectivity index (χ1n) is 9.17. The van der Waals surface area contributed by atoms with Crippen LogP contribution in [0.5, 0.6) is 0 Å². The summed E-state index contributed by atoms with van der Waals surface area (Å²) >= 11 is 0. The number of fused-ring (bicyclic) bond motifs is 2. The summed E-state index contributed by atoms with van der Waals surface area (Å²) in [4.78, 5) is 14.5. The molecule has 28 heavy (non-hydrogen) atoms. The van der Waals surface area contributed by atoms with Gasteiger partial charge in [-0.05, 0) is 53.6 Å². The van der Waals surface area contributed by atoms with Crippen LogP contribution in [0.1, 0.15) is 16.7 Å². The van der Waals surface area contributed by atoms with E-state index in [1.807, 2.05) is 12.1 Å². The predicted molar refractivity (Wildman–Crippen MR) is 109 cm³/mol. The third-order valence-electron chi connectivity index (χ3n) is 5.22. The number of amides is 1. The Kier molecular flexibility index (Phi) is 3.86. The van der Waals surface area contributed by atoms with Gasteiger partial charge in [-0.15, -0.1) is 0 Å². The van der Waals surface area contributed by atoms with Crippen LogP contribution < -0.4 is 15.5 Å². The van der Waals surface area contributed by atoms with E-state index < -0.39 is 0 Å². The number of hydrogen-bond donors (Lipinski definition) is 2. The summed E-state index contributed by atoms with van der Waals surface area (Å²) in [7, 11) is 0. The molecule has 0 bridgehead atoms. The summed E-state index contributed by atoms with van der Waals surface area (Å²) in [5.41, 5.74) is 6.38. The van der Waals surface area contributed by atoms with Gasteiger partial charge in [-0.2, -0.15) is 0 Å². The highest BCUT2D eigenvalue weighted by Gasteiger charge is 2.24. The lowest BCUT2D eigenvalue weighted by Gasteiger charge is -2.18. The molecule has 0 fully saturated rings. The van der Waals surface area contributed by atoms with Gasteiger partial charge in [0.05, 0.1) is 5.57 Å². The number of anilines is 3. The van der Waals surface area contributed by atoms with Crippen molar-refractivity contribution in [1.82, 2.24) is 0 Å². The fraction of sp³-hybridized carbons (Fsp3) is 0.0870. The van der Waals surface area contributed by atoms with Crippen LogP contribution in [0.15, 0.2) is 72.9 Å². The number of halogens is 1. The number of nitrogens with zero attached hydrogens (tertiary/aromatic N) is 1. The molecule has 3 aromatic rings. The molecule has 0 spiro atoms. The van der Waals surface area contributed by atoms with Crippen molar-refractivity contribution in [3.05, 3.63) is 95.4 Å². The van der Waals surface area contributed by atoms with Crippen LogP contribution in [0.3, 0.4) is 0 Å². The van der Waals surface area contributed by atoms with Crippen molar-refractivity contribution in [2.24, 2.45) is 0 Å². The topological polar surface area (TPSA) is 44.4 Å². The summed E-state index contributed by atoms with van der Waals surface area (Å²) in [6, 6.07) is 20.9. The van der Waals surface area contributed by atoms with Gasteiger partial charge in [0.15, 0.2) is 0 Å². The molecule has 4 nitrogen and oxygen atoms in total. The zero-order valence-electron chi connectivity index (χ0n) is 15.1. The highest BCUT2D eigenvalue weighted by molar-refractivity contribution is 6.31. The number of carbonyl (C=O) groups excluding carboxylic acids is 1. The second-order valence-electron chi connectivity index (χ2n) is 7.02. The van der Waals surface area contributed by atoms with E-state index in [0.29, 0.717) is 16.8 Å². The van der Waals surface area contributed by atoms with E-state index in [4.69, 9.17) is 0 Å². The third kappa shape index (κ3) is 2.91. The minimum absolute atomic E-state index is 0.237. The van der Waals surface area contributed by atoms with Crippen LogP contribution in [-0.2, 0) is 17.9 Å². The van der Waals surface area contributed by atoms with E-state index in [-0.39, 0.29) is 11.7 Å². The lowest BCUT2D eigenvalue weighted by Crippen LogP contribution is -2.14. The van der Waals surface area contributed by atoms with Gasteiger partial charge in [-0.1, -0.05) is 24.3 Å². The first-order chi connectivity index (χ1) is 13.7. The van der Waals surface area contributed by atoms with E-state index in [2.05, 4.69) is 51.9 Å². The first-order valence-corrected chi connectivity index (χ1v) is 9.17. The maximum atomic E-state index is 13.5. The number of hydrogen-bond acceptors (Lipinski definition) is 3. The molecule has 0 saturated heterocycles. The van der Waals surface area contributed by atoms with Gasteiger partial charge < -0.3 is 15.5 Å². The Hall–Kier alpha value is -3.60. The Morgan fingerprint density at radius 2 is 1.68 bits per heavy atom. The summed E-state index contributed by atoms with van der Waals surface area (Å²) in [5.74, 6) is -0.600. The van der Waals surface area contributed by atoms with Gasteiger partial charge in [-0.25, -0.2) is 4.39 Å². The predicted octanol–water partition coefficient (Wildman–Crippen LogP) is 4.75. The van der Waals surface area contributed by atoms with Crippen molar-refractivity contribution in [2.75, 3.05) is 15.5 Å². The van der Waals surface area contributed by atoms with Crippen molar-refractivity contribution in [3.8, 4) is 0 Å². The zero-order chi connectivity index (χ0) is 19.1. The van der Waals surface area contributed by atoms with Crippen molar-refractivity contribution >= 4 is 28.5 Å². The molecule has 1 amide bonds. The monoisotopic (exact) mass is 371 g/mol. The van der Waals surface area contributed by atoms with Crippen LogP contribution in [0, 0.1) is 5.82 Å². The fourth-order valence-electron chi connectivity index (χ4n) is 3.74. The molecule has 2 N–H and O–H groups in total. The number of nitrogens with one attached hydrogen (secondary N) is 2. The SMILES string of the molecule is O=C1Nc2ccc(F)cc2/C1=C\Nc1ccc(N2Cc3ccccc3C2)cc1. The zero-order valence-corrected chi connectivity index (χ0v) is 15.1. The molecule has 138 valence electrons. The Bertz CT molecular complexity index is 1080. The second kappa shape index (κ2) is 6.53. The molecule has 0 aromatic heterocycles. The Labute approximate surface area is 162 Å². The molecule has 0 aliphatic carbocycles. The standard InChI is InChI=1S/C23H18FN3O/c24-17-5-10-22-20(11-17)21(23(28)26-22)12-25-18-6-8-19(9-7-18)27-13-15-3-1-2-4-16(15)14-27/h1-12,25H,13-14H2,(H,26,28)/b21-12+. The fourth-order valence-corrected chi connectivity index (χ4v) is 3.74. The molecule has 0 atom stereocenters. The van der Waals surface area contributed by atoms with Gasteiger partial charge in [0.2, 0.25) is 0 Å². The molecule has 5 rings (SSSR count). The summed E-state index contributed by atoms with van der Waals surface area (Å²) < 4.78 is 13.5. The molecular weight excluding hydrogens is 353 g/mol. The molecular formula is C23H18FN3O. The Balaban J connectivity index is 1.32. The van der Waals surface area contributed by atoms with E-state index in [0.717, 1.165) is 24.5 Å². The van der Waals surface area contributed by atoms with Gasteiger partial charge in [0.25, 0.3) is 5.91 Å². The van der Waals surface area contributed by atoms with E-state index in [1.54, 1.807) is 12.3 Å². The first kappa shape index (κ1) is 16.6. The average molecular weight is 371 g/mol. The highest BCUT2D eigenvalue weighted by atomic mass is 19.1. The molecule has 0 unspecified atom stereocenters. The van der Waals surface area contributed by atoms with Crippen LogP contribution in [0.2, 0.25) is 0 Å². The van der Waals surface area contributed by atoms with Gasteiger partial charge in [0, 0.05) is 41.9 Å². The molecule has 2 aliphatic rings. The average Bonchev–Trinajstić information content (AvgIpc) is 3.27. The summed E-state index contributed by atoms with van der Waals surface area (Å²) in [6.07, 6.45) is 1.63. The molecule has 5 heteroatoms. The van der Waals surface area contributed by atoms with Crippen molar-refractivity contribution < 1.29 is 9.18 Å². The van der Waals surface area contributed by atoms with Crippen LogP contribution >= 0.6 is 0 Å². The van der Waals surface area contributed by atoms with Crippen molar-refractivity contribution in [1.29, 1.82) is 0 Å². The maximum absolute atomic E-state index is 13.5. The normalized spacial score (nSPS) is 16.1. The Morgan fingerprint density at radius 1 is 0.964 bits per heavy atom. The Morgan fingerprint density at radius 3 is 2.39 bits per heavy atom. The molecule has 2 heterocycles. The highest BCUT2D eigenvalue weighted by Crippen LogP contribution is 2.32. The van der Waals surface area contributed by atoms with E-state index in [9.17, 15) is 9.18 Å². The molecule has 0 saturated carbocycles. The van der Waals surface area contributed by atoms with E-state index >= 15 is 0 Å². The number of rotatable bonds is 3. The third-order valence-corrected chi connectivity index (χ3v) is 5.22. The van der Waals surface area contributed by atoms with Gasteiger partial charge in [-0.3, -0.25) is 4.79 Å². The molecule has 2 aliphatic heterocycles. The summed E-state index contributed by atoms with van der Waals surface area (Å²) in [6.45, 7) is 1.82. The number of carbonyl (C=O) groups is 1. The minimum Gasteiger partial charge on any atom is -0.363 e. The minimum atomic E-state index is -0.364. The van der Waals surface area contributed by atoms with Crippen molar-refractivity contribution in [2.45, 2.75) is 13.1 Å². The quantitative estimate of drug-likeness (QED) is 0.653. The maximum Gasteiger partial charge on any atom is 0.257 e.